The van der Waals surface area contributed by atoms with Gasteiger partial charge in [0.25, 0.3) is 5.56 Å². The van der Waals surface area contributed by atoms with Crippen molar-refractivity contribution in [1.82, 2.24) is 9.38 Å². The molecule has 27 heavy (non-hydrogen) atoms. The third-order valence-corrected chi connectivity index (χ3v) is 5.07. The Balaban J connectivity index is 1.63. The molecule has 0 atom stereocenters. The van der Waals surface area contributed by atoms with Crippen LogP contribution in [0.15, 0.2) is 71.0 Å². The Morgan fingerprint density at radius 3 is 2.78 bits per heavy atom. The quantitative estimate of drug-likeness (QED) is 0.513. The van der Waals surface area contributed by atoms with Gasteiger partial charge in [-0.1, -0.05) is 41.9 Å². The summed E-state index contributed by atoms with van der Waals surface area (Å²) in [6.07, 6.45) is 1.70. The number of rotatable bonds is 5. The summed E-state index contributed by atoms with van der Waals surface area (Å²) in [6, 6.07) is 15.6. The number of carbonyl (C=O) groups excluding carboxylic acids is 1. The van der Waals surface area contributed by atoms with Crippen LogP contribution in [0.4, 0.5) is 5.69 Å². The summed E-state index contributed by atoms with van der Waals surface area (Å²) in [5, 5.41) is 5.50. The van der Waals surface area contributed by atoms with Gasteiger partial charge in [-0.15, -0.1) is 11.3 Å². The fourth-order valence-electron chi connectivity index (χ4n) is 2.77. The predicted molar refractivity (Wildman–Crippen MR) is 108 cm³/mol. The monoisotopic (exact) mass is 395 g/mol. The Kier molecular flexibility index (Phi) is 4.75. The van der Waals surface area contributed by atoms with Gasteiger partial charge in [-0.05, 0) is 18.2 Å². The number of fused-ring (bicyclic) bond motifs is 1. The van der Waals surface area contributed by atoms with E-state index in [1.54, 1.807) is 36.5 Å². The average Bonchev–Trinajstić information content (AvgIpc) is 3.16. The lowest BCUT2D eigenvalue weighted by Gasteiger charge is -2.12. The number of nitrogens with one attached hydrogen (secondary N) is 1. The SMILES string of the molecule is O=C(c1ccccc1)c1cc(Cl)ccc1NCc1cc(=O)n2ccsc2n1. The summed E-state index contributed by atoms with van der Waals surface area (Å²) in [4.78, 5) is 30.1. The van der Waals surface area contributed by atoms with E-state index in [1.807, 2.05) is 23.6 Å². The smallest absolute Gasteiger partial charge is 0.258 e. The van der Waals surface area contributed by atoms with E-state index < -0.39 is 0 Å². The van der Waals surface area contributed by atoms with Crippen molar-refractivity contribution in [2.45, 2.75) is 6.54 Å². The molecule has 5 nitrogen and oxygen atoms in total. The Bertz CT molecular complexity index is 1180. The molecule has 2 heterocycles. The minimum atomic E-state index is -0.130. The third-order valence-electron chi connectivity index (χ3n) is 4.08. The zero-order chi connectivity index (χ0) is 18.8. The lowest BCUT2D eigenvalue weighted by Crippen LogP contribution is -2.15. The van der Waals surface area contributed by atoms with Crippen LogP contribution in [0.5, 0.6) is 0 Å². The number of halogens is 1. The van der Waals surface area contributed by atoms with Gasteiger partial charge in [0.2, 0.25) is 0 Å². The van der Waals surface area contributed by atoms with Crippen molar-refractivity contribution >= 4 is 39.4 Å². The van der Waals surface area contributed by atoms with Crippen LogP contribution in [0.25, 0.3) is 4.96 Å². The molecule has 0 spiro atoms. The highest BCUT2D eigenvalue weighted by molar-refractivity contribution is 7.15. The Morgan fingerprint density at radius 1 is 1.15 bits per heavy atom. The fraction of sp³-hybridized carbons (Fsp3) is 0.0500. The summed E-state index contributed by atoms with van der Waals surface area (Å²) < 4.78 is 1.50. The van der Waals surface area contributed by atoms with Crippen molar-refractivity contribution in [1.29, 1.82) is 0 Å². The summed E-state index contributed by atoms with van der Waals surface area (Å²) in [7, 11) is 0. The number of hydrogen-bond acceptors (Lipinski definition) is 5. The number of benzene rings is 2. The summed E-state index contributed by atoms with van der Waals surface area (Å²) >= 11 is 7.50. The molecule has 1 N–H and O–H groups in total. The molecule has 0 saturated heterocycles. The molecule has 0 saturated carbocycles. The van der Waals surface area contributed by atoms with Gasteiger partial charge in [0.1, 0.15) is 0 Å². The average molecular weight is 396 g/mol. The van der Waals surface area contributed by atoms with E-state index in [9.17, 15) is 9.59 Å². The van der Waals surface area contributed by atoms with Crippen LogP contribution in [0.1, 0.15) is 21.6 Å². The van der Waals surface area contributed by atoms with E-state index in [2.05, 4.69) is 10.3 Å². The molecule has 0 unspecified atom stereocenters. The maximum absolute atomic E-state index is 12.9. The summed E-state index contributed by atoms with van der Waals surface area (Å²) in [6.45, 7) is 0.320. The normalized spacial score (nSPS) is 10.9. The third kappa shape index (κ3) is 3.63. The highest BCUT2D eigenvalue weighted by Gasteiger charge is 2.14. The van der Waals surface area contributed by atoms with Gasteiger partial charge in [0.15, 0.2) is 10.7 Å². The number of ketones is 1. The van der Waals surface area contributed by atoms with E-state index >= 15 is 0 Å². The highest BCUT2D eigenvalue weighted by atomic mass is 35.5. The van der Waals surface area contributed by atoms with Gasteiger partial charge < -0.3 is 5.32 Å². The first kappa shape index (κ1) is 17.5. The van der Waals surface area contributed by atoms with Gasteiger partial charge in [0.05, 0.1) is 12.2 Å². The molecule has 134 valence electrons. The van der Waals surface area contributed by atoms with E-state index in [-0.39, 0.29) is 11.3 Å². The lowest BCUT2D eigenvalue weighted by atomic mass is 10.0. The zero-order valence-corrected chi connectivity index (χ0v) is 15.6. The number of hydrogen-bond donors (Lipinski definition) is 1. The molecule has 0 aliphatic carbocycles. The van der Waals surface area contributed by atoms with Gasteiger partial charge in [-0.25, -0.2) is 4.98 Å². The first-order chi connectivity index (χ1) is 13.1. The van der Waals surface area contributed by atoms with Crippen molar-refractivity contribution in [2.75, 3.05) is 5.32 Å². The second-order valence-corrected chi connectivity index (χ2v) is 7.19. The highest BCUT2D eigenvalue weighted by Crippen LogP contribution is 2.24. The summed E-state index contributed by atoms with van der Waals surface area (Å²) in [5.74, 6) is -0.123. The lowest BCUT2D eigenvalue weighted by molar-refractivity contribution is 0.103. The van der Waals surface area contributed by atoms with Crippen LogP contribution in [-0.4, -0.2) is 15.2 Å². The minimum Gasteiger partial charge on any atom is -0.379 e. The van der Waals surface area contributed by atoms with Crippen LogP contribution in [0.3, 0.4) is 0 Å². The predicted octanol–water partition coefficient (Wildman–Crippen LogP) is 4.25. The maximum Gasteiger partial charge on any atom is 0.258 e. The summed E-state index contributed by atoms with van der Waals surface area (Å²) in [5.41, 5.74) is 2.17. The van der Waals surface area contributed by atoms with E-state index in [0.717, 1.165) is 0 Å². The maximum atomic E-state index is 12.9. The Morgan fingerprint density at radius 2 is 1.96 bits per heavy atom. The molecule has 2 aromatic heterocycles. The molecule has 4 aromatic rings. The van der Waals surface area contributed by atoms with Crippen LogP contribution in [0.2, 0.25) is 5.02 Å². The van der Waals surface area contributed by atoms with Gasteiger partial charge in [0, 0.05) is 39.5 Å². The second kappa shape index (κ2) is 7.34. The van der Waals surface area contributed by atoms with Crippen LogP contribution < -0.4 is 10.9 Å². The van der Waals surface area contributed by atoms with E-state index in [0.29, 0.717) is 39.0 Å². The molecular weight excluding hydrogens is 382 g/mol. The van der Waals surface area contributed by atoms with Gasteiger partial charge in [-0.2, -0.15) is 0 Å². The van der Waals surface area contributed by atoms with Gasteiger partial charge >= 0.3 is 0 Å². The van der Waals surface area contributed by atoms with Crippen molar-refractivity contribution in [3.63, 3.8) is 0 Å². The van der Waals surface area contributed by atoms with Crippen molar-refractivity contribution in [3.05, 3.63) is 98.4 Å². The number of carbonyl (C=O) groups is 1. The molecule has 0 aliphatic rings. The Hall–Kier alpha value is -2.96. The molecule has 0 aliphatic heterocycles. The van der Waals surface area contributed by atoms with E-state index in [1.165, 1.54) is 21.8 Å². The molecule has 0 fully saturated rings. The minimum absolute atomic E-state index is 0.123. The van der Waals surface area contributed by atoms with Gasteiger partial charge in [-0.3, -0.25) is 14.0 Å². The number of nitrogens with zero attached hydrogens (tertiary/aromatic N) is 2. The molecule has 7 heteroatoms. The fourth-order valence-corrected chi connectivity index (χ4v) is 3.68. The molecular formula is C20H14ClN3O2S. The topological polar surface area (TPSA) is 63.5 Å². The number of aromatic nitrogens is 2. The molecule has 0 bridgehead atoms. The van der Waals surface area contributed by atoms with Crippen LogP contribution in [-0.2, 0) is 6.54 Å². The largest absolute Gasteiger partial charge is 0.379 e. The molecule has 2 aromatic carbocycles. The standard InChI is InChI=1S/C20H14ClN3O2S/c21-14-6-7-17(16(10-14)19(26)13-4-2-1-3-5-13)22-12-15-11-18(25)24-8-9-27-20(24)23-15/h1-11,22H,12H2. The van der Waals surface area contributed by atoms with Crippen molar-refractivity contribution in [2.24, 2.45) is 0 Å². The zero-order valence-electron chi connectivity index (χ0n) is 14.1. The second-order valence-electron chi connectivity index (χ2n) is 5.88. The first-order valence-electron chi connectivity index (χ1n) is 8.21. The van der Waals surface area contributed by atoms with Crippen LogP contribution in [0, 0.1) is 0 Å². The molecule has 4 rings (SSSR count). The van der Waals surface area contributed by atoms with Crippen molar-refractivity contribution in [3.8, 4) is 0 Å². The van der Waals surface area contributed by atoms with Crippen molar-refractivity contribution < 1.29 is 4.79 Å². The van der Waals surface area contributed by atoms with E-state index in [4.69, 9.17) is 11.6 Å². The number of thiazole rings is 1. The number of anilines is 1. The first-order valence-corrected chi connectivity index (χ1v) is 9.46. The molecule has 0 amide bonds. The van der Waals surface area contributed by atoms with Crippen LogP contribution >= 0.6 is 22.9 Å². The Labute approximate surface area is 163 Å². The molecule has 0 radical (unpaired) electrons.